The maximum Gasteiger partial charge on any atom is 0.0359 e. The molecule has 2 aliphatic rings. The summed E-state index contributed by atoms with van der Waals surface area (Å²) in [7, 11) is 0. The molecule has 1 aromatic rings. The monoisotopic (exact) mass is 202 g/mol. The first-order valence-electron chi connectivity index (χ1n) is 5.83. The second-order valence-corrected chi connectivity index (χ2v) is 5.20. The molecule has 0 radical (unpaired) electrons. The van der Waals surface area contributed by atoms with Gasteiger partial charge in [-0.3, -0.25) is 4.90 Å². The molecule has 0 aromatic heterocycles. The molecule has 2 nitrogen and oxygen atoms in total. The van der Waals surface area contributed by atoms with Crippen molar-refractivity contribution in [3.63, 3.8) is 0 Å². The fraction of sp³-hybridized carbons (Fsp3) is 0.538. The van der Waals surface area contributed by atoms with Crippen molar-refractivity contribution < 1.29 is 0 Å². The van der Waals surface area contributed by atoms with Gasteiger partial charge in [0.05, 0.1) is 0 Å². The van der Waals surface area contributed by atoms with E-state index in [1.807, 2.05) is 12.1 Å². The minimum atomic E-state index is 0.726. The molecule has 2 fully saturated rings. The molecule has 0 amide bonds. The Balaban J connectivity index is 1.61. The standard InChI is InChI=1S/C13H18N2/c14-12-5-2-1-4-11(12)8-15-9-13(10-15)6-3-7-13/h1-2,4-5H,3,6-10,14H2. The van der Waals surface area contributed by atoms with Gasteiger partial charge in [-0.1, -0.05) is 24.6 Å². The van der Waals surface area contributed by atoms with Gasteiger partial charge < -0.3 is 5.73 Å². The lowest BCUT2D eigenvalue weighted by Crippen LogP contribution is -2.58. The van der Waals surface area contributed by atoms with Crippen molar-refractivity contribution in [2.24, 2.45) is 5.41 Å². The zero-order chi connectivity index (χ0) is 10.3. The van der Waals surface area contributed by atoms with Crippen molar-refractivity contribution in [3.05, 3.63) is 29.8 Å². The van der Waals surface area contributed by atoms with Crippen molar-refractivity contribution >= 4 is 5.69 Å². The van der Waals surface area contributed by atoms with Gasteiger partial charge in [-0.25, -0.2) is 0 Å². The number of likely N-dealkylation sites (tertiary alicyclic amines) is 1. The Kier molecular flexibility index (Phi) is 1.99. The van der Waals surface area contributed by atoms with E-state index >= 15 is 0 Å². The van der Waals surface area contributed by atoms with Crippen LogP contribution in [0.4, 0.5) is 5.69 Å². The summed E-state index contributed by atoms with van der Waals surface area (Å²) in [5, 5.41) is 0. The Bertz CT molecular complexity index is 361. The highest BCUT2D eigenvalue weighted by molar-refractivity contribution is 5.46. The summed E-state index contributed by atoms with van der Waals surface area (Å²) >= 11 is 0. The van der Waals surface area contributed by atoms with Gasteiger partial charge in [0, 0.05) is 25.3 Å². The van der Waals surface area contributed by atoms with Gasteiger partial charge in [0.2, 0.25) is 0 Å². The largest absolute Gasteiger partial charge is 0.398 e. The Labute approximate surface area is 91.1 Å². The molecule has 0 bridgehead atoms. The number of hydrogen-bond donors (Lipinski definition) is 1. The fourth-order valence-corrected chi connectivity index (χ4v) is 2.93. The lowest BCUT2D eigenvalue weighted by molar-refractivity contribution is -0.0644. The number of nitrogens with zero attached hydrogens (tertiary/aromatic N) is 1. The maximum absolute atomic E-state index is 5.94. The highest BCUT2D eigenvalue weighted by atomic mass is 15.2. The molecule has 2 N–H and O–H groups in total. The molecule has 0 unspecified atom stereocenters. The van der Waals surface area contributed by atoms with E-state index < -0.39 is 0 Å². The molecule has 1 heterocycles. The highest BCUT2D eigenvalue weighted by Gasteiger charge is 2.46. The van der Waals surface area contributed by atoms with Crippen LogP contribution >= 0.6 is 0 Å². The van der Waals surface area contributed by atoms with Crippen LogP contribution in [0.1, 0.15) is 24.8 Å². The second kappa shape index (κ2) is 3.24. The lowest BCUT2D eigenvalue weighted by Gasteiger charge is -2.56. The molecule has 1 aliphatic heterocycles. The number of nitrogen functional groups attached to an aromatic ring is 1. The van der Waals surface area contributed by atoms with Gasteiger partial charge in [-0.15, -0.1) is 0 Å². The average molecular weight is 202 g/mol. The molecular weight excluding hydrogens is 184 g/mol. The van der Waals surface area contributed by atoms with Crippen molar-refractivity contribution in [1.29, 1.82) is 0 Å². The molecular formula is C13H18N2. The second-order valence-electron chi connectivity index (χ2n) is 5.20. The summed E-state index contributed by atoms with van der Waals surface area (Å²) in [6, 6.07) is 8.21. The summed E-state index contributed by atoms with van der Waals surface area (Å²) in [6.45, 7) is 3.62. The predicted molar refractivity (Wildman–Crippen MR) is 62.4 cm³/mol. The van der Waals surface area contributed by atoms with Crippen LogP contribution in [0.3, 0.4) is 0 Å². The SMILES string of the molecule is Nc1ccccc1CN1CC2(CCC2)C1. The van der Waals surface area contributed by atoms with Crippen LogP contribution in [-0.2, 0) is 6.54 Å². The average Bonchev–Trinajstić information content (AvgIpc) is 2.10. The lowest BCUT2D eigenvalue weighted by atomic mass is 9.63. The molecule has 1 saturated carbocycles. The Morgan fingerprint density at radius 3 is 2.53 bits per heavy atom. The summed E-state index contributed by atoms with van der Waals surface area (Å²) in [6.07, 6.45) is 4.35. The van der Waals surface area contributed by atoms with E-state index in [1.165, 1.54) is 37.9 Å². The summed E-state index contributed by atoms with van der Waals surface area (Å²) in [5.74, 6) is 0. The first kappa shape index (κ1) is 9.22. The fourth-order valence-electron chi connectivity index (χ4n) is 2.93. The van der Waals surface area contributed by atoms with E-state index in [0.29, 0.717) is 0 Å². The third-order valence-corrected chi connectivity index (χ3v) is 3.98. The van der Waals surface area contributed by atoms with Crippen molar-refractivity contribution in [2.75, 3.05) is 18.8 Å². The molecule has 1 spiro atoms. The number of hydrogen-bond acceptors (Lipinski definition) is 2. The number of para-hydroxylation sites is 1. The minimum absolute atomic E-state index is 0.726. The van der Waals surface area contributed by atoms with Crippen LogP contribution in [0, 0.1) is 5.41 Å². The third kappa shape index (κ3) is 1.53. The first-order valence-corrected chi connectivity index (χ1v) is 5.83. The van der Waals surface area contributed by atoms with E-state index in [1.54, 1.807) is 0 Å². The number of rotatable bonds is 2. The molecule has 80 valence electrons. The van der Waals surface area contributed by atoms with E-state index in [-0.39, 0.29) is 0 Å². The van der Waals surface area contributed by atoms with Crippen molar-refractivity contribution in [1.82, 2.24) is 4.90 Å². The summed E-state index contributed by atoms with van der Waals surface area (Å²) in [4.78, 5) is 2.52. The third-order valence-electron chi connectivity index (χ3n) is 3.98. The molecule has 3 rings (SSSR count). The molecule has 1 saturated heterocycles. The van der Waals surface area contributed by atoms with Gasteiger partial charge in [0.25, 0.3) is 0 Å². The quantitative estimate of drug-likeness (QED) is 0.745. The molecule has 15 heavy (non-hydrogen) atoms. The smallest absolute Gasteiger partial charge is 0.0359 e. The van der Waals surface area contributed by atoms with Gasteiger partial charge >= 0.3 is 0 Å². The molecule has 2 heteroatoms. The Morgan fingerprint density at radius 2 is 1.93 bits per heavy atom. The Hall–Kier alpha value is -1.02. The maximum atomic E-state index is 5.94. The van der Waals surface area contributed by atoms with E-state index in [4.69, 9.17) is 5.73 Å². The predicted octanol–water partition coefficient (Wildman–Crippen LogP) is 2.25. The van der Waals surface area contributed by atoms with Crippen LogP contribution in [0.15, 0.2) is 24.3 Å². The van der Waals surface area contributed by atoms with E-state index in [0.717, 1.165) is 17.6 Å². The first-order chi connectivity index (χ1) is 7.27. The van der Waals surface area contributed by atoms with E-state index in [2.05, 4.69) is 17.0 Å². The molecule has 1 aliphatic carbocycles. The van der Waals surface area contributed by atoms with Gasteiger partial charge in [-0.2, -0.15) is 0 Å². The van der Waals surface area contributed by atoms with Crippen LogP contribution in [0.2, 0.25) is 0 Å². The number of anilines is 1. The molecule has 1 aromatic carbocycles. The molecule has 0 atom stereocenters. The summed E-state index contributed by atoms with van der Waals surface area (Å²) in [5.41, 5.74) is 8.88. The van der Waals surface area contributed by atoms with Gasteiger partial charge in [0.15, 0.2) is 0 Å². The van der Waals surface area contributed by atoms with Crippen molar-refractivity contribution in [3.8, 4) is 0 Å². The van der Waals surface area contributed by atoms with Crippen LogP contribution < -0.4 is 5.73 Å². The summed E-state index contributed by atoms with van der Waals surface area (Å²) < 4.78 is 0. The Morgan fingerprint density at radius 1 is 1.20 bits per heavy atom. The van der Waals surface area contributed by atoms with Crippen LogP contribution in [0.5, 0.6) is 0 Å². The zero-order valence-electron chi connectivity index (χ0n) is 9.08. The van der Waals surface area contributed by atoms with E-state index in [9.17, 15) is 0 Å². The topological polar surface area (TPSA) is 29.3 Å². The van der Waals surface area contributed by atoms with Gasteiger partial charge in [-0.05, 0) is 29.9 Å². The van der Waals surface area contributed by atoms with Crippen LogP contribution in [0.25, 0.3) is 0 Å². The number of nitrogens with two attached hydrogens (primary N) is 1. The van der Waals surface area contributed by atoms with Crippen molar-refractivity contribution in [2.45, 2.75) is 25.8 Å². The number of benzene rings is 1. The highest BCUT2D eigenvalue weighted by Crippen LogP contribution is 2.48. The normalized spacial score (nSPS) is 23.5. The van der Waals surface area contributed by atoms with Gasteiger partial charge in [0.1, 0.15) is 0 Å². The zero-order valence-corrected chi connectivity index (χ0v) is 9.08. The van der Waals surface area contributed by atoms with Crippen LogP contribution in [-0.4, -0.2) is 18.0 Å². The minimum Gasteiger partial charge on any atom is -0.398 e.